The van der Waals surface area contributed by atoms with Gasteiger partial charge in [0.2, 0.25) is 0 Å². The molecule has 1 aromatic heterocycles. The molecule has 3 nitrogen and oxygen atoms in total. The molecule has 0 unspecified atom stereocenters. The number of rotatable bonds is 2. The van der Waals surface area contributed by atoms with Gasteiger partial charge in [0.25, 0.3) is 0 Å². The summed E-state index contributed by atoms with van der Waals surface area (Å²) in [5, 5.41) is 0. The Bertz CT molecular complexity index is 317. The van der Waals surface area contributed by atoms with Gasteiger partial charge >= 0.3 is 0 Å². The number of halogens is 2. The molecule has 5 heteroatoms. The van der Waals surface area contributed by atoms with Crippen LogP contribution in [0.1, 0.15) is 23.2 Å². The monoisotopic (exact) mass is 232 g/mol. The van der Waals surface area contributed by atoms with Crippen molar-refractivity contribution in [3.05, 3.63) is 21.9 Å². The summed E-state index contributed by atoms with van der Waals surface area (Å²) >= 11 is 2.89. The second-order valence-electron chi connectivity index (χ2n) is 2.10. The number of hydrogen-bond acceptors (Lipinski definition) is 3. The predicted octanol–water partition coefficient (Wildman–Crippen LogP) is 1.75. The highest BCUT2D eigenvalue weighted by Crippen LogP contribution is 2.14. The van der Waals surface area contributed by atoms with E-state index in [4.69, 9.17) is 0 Å². The second-order valence-corrected chi connectivity index (χ2v) is 2.85. The Morgan fingerprint density at radius 1 is 1.58 bits per heavy atom. The lowest BCUT2D eigenvalue weighted by Gasteiger charge is -1.99. The summed E-state index contributed by atoms with van der Waals surface area (Å²) in [7, 11) is 0. The number of aldehydes is 1. The third kappa shape index (κ3) is 1.66. The van der Waals surface area contributed by atoms with Crippen molar-refractivity contribution in [2.45, 2.75) is 13.3 Å². The Kier molecular flexibility index (Phi) is 2.86. The zero-order valence-corrected chi connectivity index (χ0v) is 7.93. The molecular formula is C7H6BrFN2O. The van der Waals surface area contributed by atoms with Gasteiger partial charge in [0.15, 0.2) is 12.1 Å². The fourth-order valence-electron chi connectivity index (χ4n) is 0.717. The van der Waals surface area contributed by atoms with Gasteiger partial charge in [0.05, 0.1) is 0 Å². The zero-order valence-electron chi connectivity index (χ0n) is 6.34. The van der Waals surface area contributed by atoms with Gasteiger partial charge in [-0.1, -0.05) is 6.92 Å². The van der Waals surface area contributed by atoms with Crippen molar-refractivity contribution < 1.29 is 9.18 Å². The van der Waals surface area contributed by atoms with Crippen molar-refractivity contribution in [2.75, 3.05) is 0 Å². The molecule has 0 aliphatic carbocycles. The lowest BCUT2D eigenvalue weighted by Crippen LogP contribution is -2.02. The zero-order chi connectivity index (χ0) is 9.14. The quantitative estimate of drug-likeness (QED) is 0.577. The Balaban J connectivity index is 3.28. The van der Waals surface area contributed by atoms with Crippen molar-refractivity contribution in [2.24, 2.45) is 0 Å². The molecule has 0 amide bonds. The van der Waals surface area contributed by atoms with Crippen LogP contribution < -0.4 is 0 Å². The molecular weight excluding hydrogens is 227 g/mol. The summed E-state index contributed by atoms with van der Waals surface area (Å²) < 4.78 is 13.0. The predicted molar refractivity (Wildman–Crippen MR) is 44.5 cm³/mol. The van der Waals surface area contributed by atoms with E-state index in [-0.39, 0.29) is 10.3 Å². The molecule has 0 aliphatic heterocycles. The first-order chi connectivity index (χ1) is 5.69. The van der Waals surface area contributed by atoms with Crippen LogP contribution >= 0.6 is 15.9 Å². The maximum absolute atomic E-state index is 12.9. The molecule has 0 fully saturated rings. The third-order valence-corrected chi connectivity index (χ3v) is 1.84. The van der Waals surface area contributed by atoms with Crippen LogP contribution in [0.3, 0.4) is 0 Å². The molecule has 0 atom stereocenters. The van der Waals surface area contributed by atoms with Crippen LogP contribution in [0.25, 0.3) is 0 Å². The fraction of sp³-hybridized carbons (Fsp3) is 0.286. The Morgan fingerprint density at radius 2 is 2.25 bits per heavy atom. The number of aromatic nitrogens is 2. The molecule has 1 aromatic rings. The van der Waals surface area contributed by atoms with Gasteiger partial charge in [-0.15, -0.1) is 0 Å². The lowest BCUT2D eigenvalue weighted by atomic mass is 10.4. The highest BCUT2D eigenvalue weighted by molar-refractivity contribution is 9.10. The minimum atomic E-state index is -0.706. The van der Waals surface area contributed by atoms with E-state index in [0.29, 0.717) is 18.5 Å². The number of nitrogens with zero attached hydrogens (tertiary/aromatic N) is 2. The van der Waals surface area contributed by atoms with Crippen LogP contribution in [-0.2, 0) is 6.42 Å². The molecule has 0 aromatic carbocycles. The maximum atomic E-state index is 12.9. The van der Waals surface area contributed by atoms with Gasteiger partial charge in [-0.25, -0.2) is 14.4 Å². The van der Waals surface area contributed by atoms with Gasteiger partial charge < -0.3 is 0 Å². The molecule has 0 saturated carbocycles. The Labute approximate surface area is 77.2 Å². The van der Waals surface area contributed by atoms with Crippen LogP contribution in [0.15, 0.2) is 4.60 Å². The van der Waals surface area contributed by atoms with E-state index in [1.807, 2.05) is 6.92 Å². The average Bonchev–Trinajstić information content (AvgIpc) is 2.09. The number of carbonyl (C=O) groups excluding carboxylic acids is 1. The van der Waals surface area contributed by atoms with Gasteiger partial charge in [-0.2, -0.15) is 0 Å². The largest absolute Gasteiger partial charge is 0.296 e. The molecule has 1 rings (SSSR count). The maximum Gasteiger partial charge on any atom is 0.184 e. The van der Waals surface area contributed by atoms with Crippen LogP contribution in [0.5, 0.6) is 0 Å². The van der Waals surface area contributed by atoms with E-state index >= 15 is 0 Å². The normalized spacial score (nSPS) is 9.92. The summed E-state index contributed by atoms with van der Waals surface area (Å²) in [6.07, 6.45) is 0.945. The van der Waals surface area contributed by atoms with Gasteiger partial charge in [0, 0.05) is 6.42 Å². The lowest BCUT2D eigenvalue weighted by molar-refractivity contribution is 0.111. The fourth-order valence-corrected chi connectivity index (χ4v) is 1.13. The second kappa shape index (κ2) is 3.71. The minimum Gasteiger partial charge on any atom is -0.296 e. The number of aryl methyl sites for hydroxylation is 1. The van der Waals surface area contributed by atoms with Crippen molar-refractivity contribution >= 4 is 22.2 Å². The highest BCUT2D eigenvalue weighted by Gasteiger charge is 2.10. The molecule has 0 bridgehead atoms. The van der Waals surface area contributed by atoms with Crippen LogP contribution in [0.4, 0.5) is 4.39 Å². The average molecular weight is 233 g/mol. The van der Waals surface area contributed by atoms with Crippen LogP contribution in [0, 0.1) is 5.82 Å². The van der Waals surface area contributed by atoms with Gasteiger partial charge in [0.1, 0.15) is 16.1 Å². The van der Waals surface area contributed by atoms with E-state index in [0.717, 1.165) is 0 Å². The van der Waals surface area contributed by atoms with Crippen molar-refractivity contribution in [1.82, 2.24) is 9.97 Å². The number of carbonyl (C=O) groups is 1. The minimum absolute atomic E-state index is 0.0384. The van der Waals surface area contributed by atoms with Crippen LogP contribution in [-0.4, -0.2) is 16.3 Å². The molecule has 12 heavy (non-hydrogen) atoms. The van der Waals surface area contributed by atoms with E-state index < -0.39 is 5.82 Å². The van der Waals surface area contributed by atoms with E-state index in [9.17, 15) is 9.18 Å². The third-order valence-electron chi connectivity index (χ3n) is 1.31. The van der Waals surface area contributed by atoms with E-state index in [1.54, 1.807) is 0 Å². The first-order valence-electron chi connectivity index (χ1n) is 3.36. The molecule has 64 valence electrons. The SMILES string of the molecule is CCc1nc(Br)c(F)c(C=O)n1. The Morgan fingerprint density at radius 3 is 2.75 bits per heavy atom. The molecule has 0 N–H and O–H groups in total. The van der Waals surface area contributed by atoms with E-state index in [1.165, 1.54) is 0 Å². The van der Waals surface area contributed by atoms with Gasteiger partial charge in [-0.05, 0) is 15.9 Å². The molecule has 0 radical (unpaired) electrons. The van der Waals surface area contributed by atoms with Crippen LogP contribution in [0.2, 0.25) is 0 Å². The van der Waals surface area contributed by atoms with Crippen molar-refractivity contribution in [3.63, 3.8) is 0 Å². The topological polar surface area (TPSA) is 42.9 Å². The van der Waals surface area contributed by atoms with Crippen molar-refractivity contribution in [3.8, 4) is 0 Å². The number of hydrogen-bond donors (Lipinski definition) is 0. The summed E-state index contributed by atoms with van der Waals surface area (Å²) in [6, 6.07) is 0. The summed E-state index contributed by atoms with van der Waals surface area (Å²) in [4.78, 5) is 17.8. The first-order valence-corrected chi connectivity index (χ1v) is 4.15. The van der Waals surface area contributed by atoms with E-state index in [2.05, 4.69) is 25.9 Å². The summed E-state index contributed by atoms with van der Waals surface area (Å²) in [6.45, 7) is 1.83. The first kappa shape index (κ1) is 9.25. The van der Waals surface area contributed by atoms with Crippen molar-refractivity contribution in [1.29, 1.82) is 0 Å². The molecule has 0 aliphatic rings. The molecule has 1 heterocycles. The molecule has 0 spiro atoms. The highest BCUT2D eigenvalue weighted by atomic mass is 79.9. The summed E-state index contributed by atoms with van der Waals surface area (Å²) in [5.74, 6) is -0.257. The Hall–Kier alpha value is -0.840. The summed E-state index contributed by atoms with van der Waals surface area (Å²) in [5.41, 5.74) is -0.200. The smallest absolute Gasteiger partial charge is 0.184 e. The van der Waals surface area contributed by atoms with Gasteiger partial charge in [-0.3, -0.25) is 4.79 Å². The molecule has 0 saturated heterocycles. The standard InChI is InChI=1S/C7H6BrFN2O/c1-2-5-10-4(3-12)6(9)7(8)11-5/h3H,2H2,1H3.